The average molecular weight is 731 g/mol. The van der Waals surface area contributed by atoms with Gasteiger partial charge < -0.3 is 28.1 Å². The van der Waals surface area contributed by atoms with Gasteiger partial charge in [-0.1, -0.05) is 120 Å². The molecule has 0 radical (unpaired) electrons. The third kappa shape index (κ3) is 9.02. The maximum atomic E-state index is 12.7. The van der Waals surface area contributed by atoms with Gasteiger partial charge >= 0.3 is 11.9 Å². The van der Waals surface area contributed by atoms with E-state index >= 15 is 0 Å². The van der Waals surface area contributed by atoms with Gasteiger partial charge in [-0.2, -0.15) is 0 Å². The molecule has 1 fully saturated rings. The second-order valence-corrected chi connectivity index (χ2v) is 23.4. The Labute approximate surface area is 306 Å². The fourth-order valence-electron chi connectivity index (χ4n) is 6.93. The highest BCUT2D eigenvalue weighted by molar-refractivity contribution is 6.99. The Morgan fingerprint density at radius 2 is 1.33 bits per heavy atom. The summed E-state index contributed by atoms with van der Waals surface area (Å²) >= 11 is 0. The Kier molecular flexibility index (Phi) is 13.5. The van der Waals surface area contributed by atoms with Gasteiger partial charge in [0.05, 0.1) is 20.3 Å². The van der Waals surface area contributed by atoms with Crippen LogP contribution in [-0.4, -0.2) is 66.1 Å². The zero-order chi connectivity index (χ0) is 37.3. The molecule has 1 unspecified atom stereocenters. The van der Waals surface area contributed by atoms with Crippen molar-refractivity contribution in [3.8, 4) is 17.2 Å². The van der Waals surface area contributed by atoms with E-state index < -0.39 is 52.4 Å². The summed E-state index contributed by atoms with van der Waals surface area (Å²) in [4.78, 5) is 25.2. The lowest BCUT2D eigenvalue weighted by Gasteiger charge is -2.45. The molecule has 3 aromatic carbocycles. The van der Waals surface area contributed by atoms with Crippen molar-refractivity contribution in [2.75, 3.05) is 13.7 Å². The smallest absolute Gasteiger partial charge is 0.305 e. The van der Waals surface area contributed by atoms with Crippen LogP contribution in [0, 0.1) is 11.5 Å². The fourth-order valence-corrected chi connectivity index (χ4v) is 14.0. The molecule has 1 saturated heterocycles. The molecule has 0 amide bonds. The van der Waals surface area contributed by atoms with Crippen LogP contribution in [0.2, 0.25) is 23.2 Å². The molecule has 0 spiro atoms. The van der Waals surface area contributed by atoms with Crippen LogP contribution in [0.1, 0.15) is 61.0 Å². The topological polar surface area (TPSA) is 89.5 Å². The summed E-state index contributed by atoms with van der Waals surface area (Å²) < 4.78 is 38.0. The van der Waals surface area contributed by atoms with E-state index in [1.807, 2.05) is 60.7 Å². The number of esters is 2. The zero-order valence-electron chi connectivity index (χ0n) is 31.6. The number of hydrogen-bond donors (Lipinski definition) is 0. The lowest BCUT2D eigenvalue weighted by atomic mass is 9.96. The highest BCUT2D eigenvalue weighted by Crippen LogP contribution is 2.42. The molecule has 0 saturated carbocycles. The molecule has 1 aliphatic rings. The quantitative estimate of drug-likeness (QED) is 0.102. The van der Waals surface area contributed by atoms with Crippen LogP contribution >= 0.6 is 0 Å². The van der Waals surface area contributed by atoms with Crippen LogP contribution in [0.3, 0.4) is 0 Å². The Balaban J connectivity index is 1.96. The van der Waals surface area contributed by atoms with Gasteiger partial charge in [-0.15, -0.1) is 5.54 Å². The number of benzene rings is 3. The number of carbonyl (C=O) groups is 2. The summed E-state index contributed by atoms with van der Waals surface area (Å²) in [6, 6.07) is 31.1. The van der Waals surface area contributed by atoms with Crippen molar-refractivity contribution < 1.29 is 37.7 Å². The van der Waals surface area contributed by atoms with Gasteiger partial charge in [0.1, 0.15) is 19.9 Å². The Bertz CT molecular complexity index is 1590. The average Bonchev–Trinajstić information content (AvgIpc) is 3.39. The molecule has 8 nitrogen and oxygen atoms in total. The molecular weight excluding hydrogens is 677 g/mol. The molecule has 10 heteroatoms. The largest absolute Gasteiger partial charge is 0.497 e. The third-order valence-electron chi connectivity index (χ3n) is 10.0. The van der Waals surface area contributed by atoms with Crippen LogP contribution in [0.4, 0.5) is 0 Å². The number of methoxy groups -OCH3 is 1. The molecule has 0 aromatic heterocycles. The lowest BCUT2D eigenvalue weighted by molar-refractivity contribution is -0.201. The molecule has 4 atom stereocenters. The minimum Gasteiger partial charge on any atom is -0.497 e. The van der Waals surface area contributed by atoms with Crippen LogP contribution in [-0.2, 0) is 39.6 Å². The number of rotatable bonds is 14. The molecule has 4 rings (SSSR count). The number of carbonyl (C=O) groups excluding carboxylic acids is 2. The van der Waals surface area contributed by atoms with Crippen molar-refractivity contribution >= 4 is 38.7 Å². The van der Waals surface area contributed by atoms with E-state index in [1.54, 1.807) is 7.11 Å². The highest BCUT2D eigenvalue weighted by atomic mass is 28.4. The Morgan fingerprint density at radius 3 is 1.78 bits per heavy atom. The van der Waals surface area contributed by atoms with Gasteiger partial charge in [-0.25, -0.2) is 0 Å². The SMILES string of the molecule is CC[Si](C#C[C@]1(CO[Si](c2ccccc2)(c2ccccc2)C(C)(C)C)OC(OC(C)=O)[C@H](OC(C)=O)[C@@H]1OCc1ccc(OC)cc1)(CC)CC. The fraction of sp³-hybridized carbons (Fsp3) is 0.463. The second-order valence-electron chi connectivity index (χ2n) is 14.2. The Morgan fingerprint density at radius 1 is 0.804 bits per heavy atom. The molecule has 0 bridgehead atoms. The molecule has 51 heavy (non-hydrogen) atoms. The summed E-state index contributed by atoms with van der Waals surface area (Å²) in [5, 5.41) is 1.84. The van der Waals surface area contributed by atoms with Gasteiger partial charge in [0.2, 0.25) is 6.29 Å². The van der Waals surface area contributed by atoms with Crippen LogP contribution in [0.15, 0.2) is 84.9 Å². The molecule has 3 aromatic rings. The predicted molar refractivity (Wildman–Crippen MR) is 205 cm³/mol. The minimum absolute atomic E-state index is 0.0300. The van der Waals surface area contributed by atoms with Crippen LogP contribution < -0.4 is 15.1 Å². The van der Waals surface area contributed by atoms with Gasteiger partial charge in [0.25, 0.3) is 8.32 Å². The van der Waals surface area contributed by atoms with Crippen molar-refractivity contribution in [1.82, 2.24) is 0 Å². The molecule has 1 heterocycles. The first-order valence-corrected chi connectivity index (χ1v) is 22.4. The first-order chi connectivity index (χ1) is 24.3. The third-order valence-corrected chi connectivity index (χ3v) is 19.7. The summed E-state index contributed by atoms with van der Waals surface area (Å²) in [5.41, 5.74) is 3.12. The normalized spacial score (nSPS) is 20.6. The Hall–Kier alpha value is -3.73. The highest BCUT2D eigenvalue weighted by Gasteiger charge is 2.61. The van der Waals surface area contributed by atoms with E-state index in [4.69, 9.17) is 28.1 Å². The van der Waals surface area contributed by atoms with E-state index in [2.05, 4.69) is 77.3 Å². The molecular formula is C41H54O8Si2. The lowest BCUT2D eigenvalue weighted by Crippen LogP contribution is -2.68. The summed E-state index contributed by atoms with van der Waals surface area (Å²) in [7, 11) is -3.58. The van der Waals surface area contributed by atoms with Crippen molar-refractivity contribution in [3.05, 3.63) is 90.5 Å². The zero-order valence-corrected chi connectivity index (χ0v) is 33.6. The van der Waals surface area contributed by atoms with E-state index in [0.717, 1.165) is 39.8 Å². The van der Waals surface area contributed by atoms with Gasteiger partial charge in [0, 0.05) is 13.8 Å². The van der Waals surface area contributed by atoms with E-state index in [1.165, 1.54) is 13.8 Å². The van der Waals surface area contributed by atoms with E-state index in [9.17, 15) is 9.59 Å². The van der Waals surface area contributed by atoms with Crippen molar-refractivity contribution in [3.63, 3.8) is 0 Å². The summed E-state index contributed by atoms with van der Waals surface area (Å²) in [5.74, 6) is 3.16. The van der Waals surface area contributed by atoms with E-state index in [-0.39, 0.29) is 18.3 Å². The van der Waals surface area contributed by atoms with Gasteiger partial charge in [0.15, 0.2) is 11.7 Å². The van der Waals surface area contributed by atoms with Crippen LogP contribution in [0.25, 0.3) is 0 Å². The first kappa shape index (κ1) is 40.1. The summed E-state index contributed by atoms with van der Waals surface area (Å²) in [6.07, 6.45) is -3.36. The number of ether oxygens (including phenoxy) is 5. The molecule has 1 aliphatic heterocycles. The van der Waals surface area contributed by atoms with Crippen molar-refractivity contribution in [1.29, 1.82) is 0 Å². The van der Waals surface area contributed by atoms with Gasteiger partial charge in [-0.05, 0) is 51.2 Å². The minimum atomic E-state index is -3.12. The van der Waals surface area contributed by atoms with E-state index in [0.29, 0.717) is 0 Å². The predicted octanol–water partition coefficient (Wildman–Crippen LogP) is 6.80. The molecule has 0 aliphatic carbocycles. The second kappa shape index (κ2) is 17.2. The summed E-state index contributed by atoms with van der Waals surface area (Å²) in [6.45, 7) is 15.9. The van der Waals surface area contributed by atoms with Crippen molar-refractivity contribution in [2.45, 2.75) is 109 Å². The van der Waals surface area contributed by atoms with Gasteiger partial charge in [-0.3, -0.25) is 9.59 Å². The van der Waals surface area contributed by atoms with Crippen LogP contribution in [0.5, 0.6) is 5.75 Å². The molecule has 0 N–H and O–H groups in total. The first-order valence-electron chi connectivity index (χ1n) is 17.8. The maximum Gasteiger partial charge on any atom is 0.305 e. The maximum absolute atomic E-state index is 12.7. The monoisotopic (exact) mass is 730 g/mol. The standard InChI is InChI=1S/C41H54O8Si2/c1-10-50(11-2,12-3)28-27-41(30-46-51(40(6,7)8,35-19-15-13-16-20-35)36-21-17-14-18-22-36)38(45-29-33-23-25-34(44-9)26-24-33)37(47-31(4)42)39(49-41)48-32(5)43/h13-26,37-39H,10-12,29-30H2,1-9H3/t37-,38+,39?,41-/m1/s1. The molecule has 274 valence electrons. The number of hydrogen-bond acceptors (Lipinski definition) is 8. The van der Waals surface area contributed by atoms with Crippen molar-refractivity contribution in [2.24, 2.45) is 0 Å².